The summed E-state index contributed by atoms with van der Waals surface area (Å²) in [5.74, 6) is 0.257. The van der Waals surface area contributed by atoms with E-state index < -0.39 is 0 Å². The van der Waals surface area contributed by atoms with Gasteiger partial charge in [0.25, 0.3) is 0 Å². The molecular weight excluding hydrogens is 234 g/mol. The van der Waals surface area contributed by atoms with E-state index in [-0.39, 0.29) is 16.3 Å². The third kappa shape index (κ3) is 1.50. The summed E-state index contributed by atoms with van der Waals surface area (Å²) in [6.07, 6.45) is 3.40. The predicted octanol–water partition coefficient (Wildman–Crippen LogP) is 1.16. The molecule has 0 unspecified atom stereocenters. The van der Waals surface area contributed by atoms with Gasteiger partial charge in [-0.05, 0) is 19.3 Å². The normalized spacial score (nSPS) is 26.5. The molecular formula is C9H14BrNO2. The van der Waals surface area contributed by atoms with E-state index in [1.807, 2.05) is 4.90 Å². The van der Waals surface area contributed by atoms with Crippen LogP contribution in [0.2, 0.25) is 0 Å². The van der Waals surface area contributed by atoms with Crippen molar-refractivity contribution in [2.24, 2.45) is 0 Å². The molecule has 1 aliphatic carbocycles. The molecule has 1 amide bonds. The summed E-state index contributed by atoms with van der Waals surface area (Å²) in [4.78, 5) is 13.7. The lowest BCUT2D eigenvalue weighted by atomic mass is 9.83. The first-order valence-electron chi connectivity index (χ1n) is 4.67. The lowest BCUT2D eigenvalue weighted by molar-refractivity contribution is -0.147. The van der Waals surface area contributed by atoms with Gasteiger partial charge in [-0.25, -0.2) is 0 Å². The van der Waals surface area contributed by atoms with Gasteiger partial charge in [-0.1, -0.05) is 15.9 Å². The zero-order valence-corrected chi connectivity index (χ0v) is 9.34. The number of likely N-dealkylation sites (tertiary alicyclic amines) is 1. The SMILES string of the molecule is COC1CN(C(=O)C2(Br)CCC2)C1. The number of nitrogens with zero attached hydrogens (tertiary/aromatic N) is 1. The number of hydrogen-bond donors (Lipinski definition) is 0. The van der Waals surface area contributed by atoms with Crippen LogP contribution in [0, 0.1) is 0 Å². The summed E-state index contributed by atoms with van der Waals surface area (Å²) in [6.45, 7) is 1.53. The largest absolute Gasteiger partial charge is 0.378 e. The number of carbonyl (C=O) groups excluding carboxylic acids is 1. The Balaban J connectivity index is 1.86. The molecule has 4 heteroatoms. The lowest BCUT2D eigenvalue weighted by Gasteiger charge is -2.45. The van der Waals surface area contributed by atoms with E-state index in [9.17, 15) is 4.79 Å². The fourth-order valence-electron chi connectivity index (χ4n) is 1.74. The van der Waals surface area contributed by atoms with Crippen molar-refractivity contribution < 1.29 is 9.53 Å². The van der Waals surface area contributed by atoms with Gasteiger partial charge in [0.15, 0.2) is 0 Å². The third-order valence-electron chi connectivity index (χ3n) is 3.00. The van der Waals surface area contributed by atoms with Crippen LogP contribution in [0.5, 0.6) is 0 Å². The van der Waals surface area contributed by atoms with Gasteiger partial charge in [-0.15, -0.1) is 0 Å². The van der Waals surface area contributed by atoms with Crippen LogP contribution >= 0.6 is 15.9 Å². The Kier molecular flexibility index (Phi) is 2.36. The van der Waals surface area contributed by atoms with Crippen molar-refractivity contribution in [2.75, 3.05) is 20.2 Å². The maximum absolute atomic E-state index is 11.8. The molecule has 0 aromatic carbocycles. The fourth-order valence-corrected chi connectivity index (χ4v) is 2.55. The van der Waals surface area contributed by atoms with Gasteiger partial charge < -0.3 is 9.64 Å². The second kappa shape index (κ2) is 3.24. The lowest BCUT2D eigenvalue weighted by Crippen LogP contribution is -2.60. The molecule has 74 valence electrons. The standard InChI is InChI=1S/C9H14BrNO2/c1-13-7-5-11(6-7)8(12)9(10)3-2-4-9/h7H,2-6H2,1H3. The minimum Gasteiger partial charge on any atom is -0.378 e. The highest BCUT2D eigenvalue weighted by Gasteiger charge is 2.46. The number of carbonyl (C=O) groups is 1. The van der Waals surface area contributed by atoms with Crippen molar-refractivity contribution in [3.63, 3.8) is 0 Å². The Hall–Kier alpha value is -0.0900. The number of halogens is 1. The van der Waals surface area contributed by atoms with E-state index in [4.69, 9.17) is 4.74 Å². The van der Waals surface area contributed by atoms with Crippen molar-refractivity contribution >= 4 is 21.8 Å². The van der Waals surface area contributed by atoms with Crippen LogP contribution < -0.4 is 0 Å². The number of amides is 1. The van der Waals surface area contributed by atoms with Crippen LogP contribution in [0.4, 0.5) is 0 Å². The highest BCUT2D eigenvalue weighted by atomic mass is 79.9. The molecule has 0 N–H and O–H groups in total. The quantitative estimate of drug-likeness (QED) is 0.686. The number of methoxy groups -OCH3 is 1. The van der Waals surface area contributed by atoms with Crippen LogP contribution in [0.25, 0.3) is 0 Å². The molecule has 0 bridgehead atoms. The van der Waals surface area contributed by atoms with Crippen LogP contribution in [0.15, 0.2) is 0 Å². The van der Waals surface area contributed by atoms with Gasteiger partial charge in [-0.3, -0.25) is 4.79 Å². The van der Waals surface area contributed by atoms with E-state index in [0.717, 1.165) is 25.9 Å². The predicted molar refractivity (Wildman–Crippen MR) is 52.9 cm³/mol. The van der Waals surface area contributed by atoms with E-state index >= 15 is 0 Å². The molecule has 2 fully saturated rings. The van der Waals surface area contributed by atoms with E-state index in [1.54, 1.807) is 7.11 Å². The molecule has 1 aliphatic heterocycles. The molecule has 2 rings (SSSR count). The van der Waals surface area contributed by atoms with Gasteiger partial charge in [0.05, 0.1) is 6.10 Å². The monoisotopic (exact) mass is 247 g/mol. The van der Waals surface area contributed by atoms with Crippen molar-refractivity contribution in [2.45, 2.75) is 29.7 Å². The average molecular weight is 248 g/mol. The van der Waals surface area contributed by atoms with Gasteiger partial charge in [0.2, 0.25) is 5.91 Å². The molecule has 1 saturated heterocycles. The maximum Gasteiger partial charge on any atom is 0.239 e. The average Bonchev–Trinajstić information content (AvgIpc) is 1.98. The van der Waals surface area contributed by atoms with E-state index in [2.05, 4.69) is 15.9 Å². The van der Waals surface area contributed by atoms with Crippen molar-refractivity contribution in [1.29, 1.82) is 0 Å². The number of alkyl halides is 1. The van der Waals surface area contributed by atoms with Crippen molar-refractivity contribution in [3.05, 3.63) is 0 Å². The Labute approximate surface area is 86.5 Å². The molecule has 0 spiro atoms. The van der Waals surface area contributed by atoms with Gasteiger partial charge in [0, 0.05) is 20.2 Å². The molecule has 0 aromatic heterocycles. The Bertz CT molecular complexity index is 222. The van der Waals surface area contributed by atoms with Crippen LogP contribution in [-0.4, -0.2) is 41.4 Å². The molecule has 1 heterocycles. The fraction of sp³-hybridized carbons (Fsp3) is 0.889. The molecule has 0 aromatic rings. The molecule has 0 atom stereocenters. The smallest absolute Gasteiger partial charge is 0.239 e. The first-order chi connectivity index (χ1) is 6.15. The summed E-state index contributed by atoms with van der Waals surface area (Å²) in [5, 5.41) is 0. The second-order valence-electron chi connectivity index (χ2n) is 3.89. The van der Waals surface area contributed by atoms with Crippen molar-refractivity contribution in [1.82, 2.24) is 4.90 Å². The van der Waals surface area contributed by atoms with E-state index in [0.29, 0.717) is 0 Å². The van der Waals surface area contributed by atoms with Gasteiger partial charge in [0.1, 0.15) is 4.32 Å². The number of hydrogen-bond acceptors (Lipinski definition) is 2. The molecule has 13 heavy (non-hydrogen) atoms. The first kappa shape index (κ1) is 9.46. The third-order valence-corrected chi connectivity index (χ3v) is 4.13. The molecule has 2 aliphatic rings. The maximum atomic E-state index is 11.8. The second-order valence-corrected chi connectivity index (χ2v) is 5.40. The van der Waals surface area contributed by atoms with Crippen LogP contribution in [0.3, 0.4) is 0 Å². The Morgan fingerprint density at radius 3 is 2.54 bits per heavy atom. The summed E-state index contributed by atoms with van der Waals surface area (Å²) in [6, 6.07) is 0. The van der Waals surface area contributed by atoms with E-state index in [1.165, 1.54) is 6.42 Å². The number of rotatable bonds is 2. The minimum absolute atomic E-state index is 0.217. The number of ether oxygens (including phenoxy) is 1. The van der Waals surface area contributed by atoms with Crippen LogP contribution in [0.1, 0.15) is 19.3 Å². The zero-order chi connectivity index (χ0) is 9.47. The van der Waals surface area contributed by atoms with Gasteiger partial charge >= 0.3 is 0 Å². The summed E-state index contributed by atoms with van der Waals surface area (Å²) < 4.78 is 4.91. The highest BCUT2D eigenvalue weighted by molar-refractivity contribution is 9.10. The Morgan fingerprint density at radius 1 is 1.54 bits per heavy atom. The first-order valence-corrected chi connectivity index (χ1v) is 5.46. The van der Waals surface area contributed by atoms with Gasteiger partial charge in [-0.2, -0.15) is 0 Å². The summed E-state index contributed by atoms with van der Waals surface area (Å²) in [5.41, 5.74) is 0. The minimum atomic E-state index is -0.217. The highest BCUT2D eigenvalue weighted by Crippen LogP contribution is 2.42. The molecule has 3 nitrogen and oxygen atoms in total. The summed E-state index contributed by atoms with van der Waals surface area (Å²) >= 11 is 3.52. The van der Waals surface area contributed by atoms with Crippen molar-refractivity contribution in [3.8, 4) is 0 Å². The summed E-state index contributed by atoms with van der Waals surface area (Å²) in [7, 11) is 1.69. The molecule has 0 radical (unpaired) electrons. The van der Waals surface area contributed by atoms with Crippen LogP contribution in [-0.2, 0) is 9.53 Å². The topological polar surface area (TPSA) is 29.5 Å². The Morgan fingerprint density at radius 2 is 2.15 bits per heavy atom. The molecule has 1 saturated carbocycles. The zero-order valence-electron chi connectivity index (χ0n) is 7.75.